The van der Waals surface area contributed by atoms with Crippen LogP contribution in [0, 0.1) is 5.92 Å². The zero-order chi connectivity index (χ0) is 12.6. The van der Waals surface area contributed by atoms with E-state index in [-0.39, 0.29) is 0 Å². The van der Waals surface area contributed by atoms with Crippen LogP contribution in [0.5, 0.6) is 0 Å². The van der Waals surface area contributed by atoms with Gasteiger partial charge in [0.15, 0.2) is 0 Å². The summed E-state index contributed by atoms with van der Waals surface area (Å²) in [6, 6.07) is 2.72. The minimum absolute atomic E-state index is 0.628. The van der Waals surface area contributed by atoms with Crippen molar-refractivity contribution < 1.29 is 4.42 Å². The molecule has 1 aromatic rings. The molecule has 2 rings (SSSR count). The molecular formula is C16H27NO. The van der Waals surface area contributed by atoms with E-state index in [0.717, 1.165) is 18.9 Å². The predicted octanol–water partition coefficient (Wildman–Crippen LogP) is 4.16. The van der Waals surface area contributed by atoms with E-state index in [2.05, 4.69) is 18.3 Å². The highest BCUT2D eigenvalue weighted by molar-refractivity contribution is 5.07. The lowest BCUT2D eigenvalue weighted by Crippen LogP contribution is -2.32. The zero-order valence-electron chi connectivity index (χ0n) is 11.7. The molecule has 18 heavy (non-hydrogen) atoms. The summed E-state index contributed by atoms with van der Waals surface area (Å²) < 4.78 is 5.17. The molecule has 0 amide bonds. The highest BCUT2D eigenvalue weighted by atomic mass is 16.3. The summed E-state index contributed by atoms with van der Waals surface area (Å²) in [7, 11) is 0. The highest BCUT2D eigenvalue weighted by Crippen LogP contribution is 2.29. The Hall–Kier alpha value is -0.760. The largest absolute Gasteiger partial charge is 0.472 e. The van der Waals surface area contributed by atoms with E-state index >= 15 is 0 Å². The number of rotatable bonds is 8. The van der Waals surface area contributed by atoms with E-state index in [4.69, 9.17) is 4.42 Å². The summed E-state index contributed by atoms with van der Waals surface area (Å²) in [5, 5.41) is 3.69. The van der Waals surface area contributed by atoms with Crippen molar-refractivity contribution in [1.82, 2.24) is 5.32 Å². The van der Waals surface area contributed by atoms with Gasteiger partial charge in [0.05, 0.1) is 12.5 Å². The lowest BCUT2D eigenvalue weighted by atomic mass is 9.95. The van der Waals surface area contributed by atoms with Crippen LogP contribution in [0.2, 0.25) is 0 Å². The Morgan fingerprint density at radius 3 is 2.89 bits per heavy atom. The molecule has 1 fully saturated rings. The quantitative estimate of drug-likeness (QED) is 0.748. The molecule has 1 saturated carbocycles. The summed E-state index contributed by atoms with van der Waals surface area (Å²) in [6.45, 7) is 3.37. The lowest BCUT2D eigenvalue weighted by molar-refractivity contribution is 0.401. The number of hydrogen-bond acceptors (Lipinski definition) is 2. The minimum Gasteiger partial charge on any atom is -0.472 e. The van der Waals surface area contributed by atoms with E-state index in [1.165, 1.54) is 50.5 Å². The van der Waals surface area contributed by atoms with Gasteiger partial charge in [0, 0.05) is 6.04 Å². The van der Waals surface area contributed by atoms with Crippen molar-refractivity contribution in [2.24, 2.45) is 5.92 Å². The van der Waals surface area contributed by atoms with Gasteiger partial charge < -0.3 is 9.73 Å². The molecule has 102 valence electrons. The molecule has 0 aliphatic heterocycles. The molecule has 2 heteroatoms. The Bertz CT molecular complexity index is 301. The fraction of sp³-hybridized carbons (Fsp3) is 0.750. The van der Waals surface area contributed by atoms with Gasteiger partial charge in [-0.05, 0) is 49.8 Å². The smallest absolute Gasteiger partial charge is 0.0935 e. The molecule has 0 saturated heterocycles. The van der Waals surface area contributed by atoms with Crippen molar-refractivity contribution >= 4 is 0 Å². The van der Waals surface area contributed by atoms with Crippen LogP contribution in [0.25, 0.3) is 0 Å². The van der Waals surface area contributed by atoms with Crippen LogP contribution in [-0.2, 0) is 6.42 Å². The normalized spacial score (nSPS) is 18.3. The van der Waals surface area contributed by atoms with E-state index in [1.54, 1.807) is 6.26 Å². The molecule has 1 unspecified atom stereocenters. The van der Waals surface area contributed by atoms with Crippen LogP contribution in [0.3, 0.4) is 0 Å². The van der Waals surface area contributed by atoms with Crippen molar-refractivity contribution in [2.45, 2.75) is 64.3 Å². The Labute approximate surface area is 111 Å². The number of nitrogens with one attached hydrogen (secondary N) is 1. The zero-order valence-corrected chi connectivity index (χ0v) is 11.7. The molecule has 2 nitrogen and oxygen atoms in total. The summed E-state index contributed by atoms with van der Waals surface area (Å²) >= 11 is 0. The Morgan fingerprint density at radius 1 is 1.39 bits per heavy atom. The molecule has 0 aromatic carbocycles. The Balaban J connectivity index is 1.76. The van der Waals surface area contributed by atoms with E-state index in [1.807, 2.05) is 6.26 Å². The van der Waals surface area contributed by atoms with Crippen LogP contribution in [0.1, 0.15) is 57.4 Å². The maximum atomic E-state index is 5.17. The fourth-order valence-electron chi connectivity index (χ4n) is 3.05. The molecule has 0 radical (unpaired) electrons. The topological polar surface area (TPSA) is 25.2 Å². The molecular weight excluding hydrogens is 222 g/mol. The first kappa shape index (κ1) is 13.7. The third kappa shape index (κ3) is 4.49. The van der Waals surface area contributed by atoms with Crippen LogP contribution in [0.4, 0.5) is 0 Å². The van der Waals surface area contributed by atoms with Crippen LogP contribution in [0.15, 0.2) is 23.0 Å². The van der Waals surface area contributed by atoms with Crippen molar-refractivity contribution in [1.29, 1.82) is 0 Å². The first-order valence-corrected chi connectivity index (χ1v) is 7.63. The van der Waals surface area contributed by atoms with E-state index < -0.39 is 0 Å². The Morgan fingerprint density at radius 2 is 2.22 bits per heavy atom. The van der Waals surface area contributed by atoms with Crippen molar-refractivity contribution in [3.8, 4) is 0 Å². The van der Waals surface area contributed by atoms with Crippen LogP contribution in [-0.4, -0.2) is 12.6 Å². The molecule has 1 aromatic heterocycles. The molecule has 1 heterocycles. The maximum absolute atomic E-state index is 5.17. The SMILES string of the molecule is CCCNC(CCC1CCCC1)Cc1ccoc1. The van der Waals surface area contributed by atoms with Crippen LogP contribution < -0.4 is 5.32 Å². The van der Waals surface area contributed by atoms with Gasteiger partial charge in [-0.15, -0.1) is 0 Å². The van der Waals surface area contributed by atoms with Crippen molar-refractivity contribution in [2.75, 3.05) is 6.54 Å². The van der Waals surface area contributed by atoms with Crippen molar-refractivity contribution in [3.63, 3.8) is 0 Å². The standard InChI is InChI=1S/C16H27NO/c1-2-10-17-16(12-15-9-11-18-13-15)8-7-14-5-3-4-6-14/h9,11,13-14,16-17H,2-8,10,12H2,1H3. The second kappa shape index (κ2) is 7.63. The molecule has 1 atom stereocenters. The monoisotopic (exact) mass is 249 g/mol. The van der Waals surface area contributed by atoms with E-state index in [9.17, 15) is 0 Å². The van der Waals surface area contributed by atoms with Gasteiger partial charge >= 0.3 is 0 Å². The third-order valence-corrected chi connectivity index (χ3v) is 4.14. The number of hydrogen-bond donors (Lipinski definition) is 1. The number of furan rings is 1. The molecule has 0 bridgehead atoms. The average Bonchev–Trinajstić information content (AvgIpc) is 3.05. The summed E-state index contributed by atoms with van der Waals surface area (Å²) in [6.07, 6.45) is 14.6. The molecule has 1 aliphatic rings. The van der Waals surface area contributed by atoms with Gasteiger partial charge in [-0.1, -0.05) is 32.6 Å². The second-order valence-corrected chi connectivity index (χ2v) is 5.71. The summed E-state index contributed by atoms with van der Waals surface area (Å²) in [4.78, 5) is 0. The predicted molar refractivity (Wildman–Crippen MR) is 75.7 cm³/mol. The van der Waals surface area contributed by atoms with Gasteiger partial charge in [0.25, 0.3) is 0 Å². The molecule has 1 aliphatic carbocycles. The average molecular weight is 249 g/mol. The highest BCUT2D eigenvalue weighted by Gasteiger charge is 2.17. The van der Waals surface area contributed by atoms with Gasteiger partial charge in [-0.3, -0.25) is 0 Å². The lowest BCUT2D eigenvalue weighted by Gasteiger charge is -2.19. The first-order valence-electron chi connectivity index (χ1n) is 7.63. The molecule has 0 spiro atoms. The van der Waals surface area contributed by atoms with Gasteiger partial charge in [0.1, 0.15) is 0 Å². The van der Waals surface area contributed by atoms with Gasteiger partial charge in [-0.25, -0.2) is 0 Å². The van der Waals surface area contributed by atoms with Crippen molar-refractivity contribution in [3.05, 3.63) is 24.2 Å². The van der Waals surface area contributed by atoms with E-state index in [0.29, 0.717) is 6.04 Å². The second-order valence-electron chi connectivity index (χ2n) is 5.71. The molecule has 1 N–H and O–H groups in total. The van der Waals surface area contributed by atoms with Gasteiger partial charge in [0.2, 0.25) is 0 Å². The summed E-state index contributed by atoms with van der Waals surface area (Å²) in [5.74, 6) is 1.00. The fourth-order valence-corrected chi connectivity index (χ4v) is 3.05. The van der Waals surface area contributed by atoms with Gasteiger partial charge in [-0.2, -0.15) is 0 Å². The third-order valence-electron chi connectivity index (χ3n) is 4.14. The summed E-state index contributed by atoms with van der Waals surface area (Å²) in [5.41, 5.74) is 1.33. The van der Waals surface area contributed by atoms with Crippen LogP contribution >= 0.6 is 0 Å². The Kier molecular flexibility index (Phi) is 5.79. The minimum atomic E-state index is 0.628. The maximum Gasteiger partial charge on any atom is 0.0935 e. The first-order chi connectivity index (χ1) is 8.88.